The molecular weight excluding hydrogens is 526 g/mol. The third kappa shape index (κ3) is 5.38. The molecule has 3 N–H and O–H groups in total. The molecule has 2 aliphatic rings. The minimum Gasteiger partial charge on any atom is -0.390 e. The number of carbonyl (C=O) groups excluding carboxylic acids is 2. The van der Waals surface area contributed by atoms with Crippen LogP contribution >= 0.6 is 23.2 Å². The van der Waals surface area contributed by atoms with E-state index < -0.39 is 28.8 Å². The topological polar surface area (TPSA) is 78.4 Å². The molecule has 1 spiro atoms. The number of hydrogen-bond acceptors (Lipinski definition) is 4. The highest BCUT2D eigenvalue weighted by Gasteiger charge is 2.65. The lowest BCUT2D eigenvalue weighted by molar-refractivity contribution is -0.122. The predicted octanol–water partition coefficient (Wildman–Crippen LogP) is 6.78. The Bertz CT molecular complexity index is 1240. The lowest BCUT2D eigenvalue weighted by Gasteiger charge is -2.37. The first-order valence-corrected chi connectivity index (χ1v) is 14.0. The predicted molar refractivity (Wildman–Crippen MR) is 150 cm³/mol. The summed E-state index contributed by atoms with van der Waals surface area (Å²) >= 11 is 12.5. The van der Waals surface area contributed by atoms with Crippen LogP contribution in [-0.2, 0) is 15.0 Å². The van der Waals surface area contributed by atoms with Crippen molar-refractivity contribution in [2.24, 2.45) is 5.41 Å². The average Bonchev–Trinajstić information content (AvgIpc) is 3.29. The minimum absolute atomic E-state index is 0.0478. The number of amides is 1. The third-order valence-electron chi connectivity index (χ3n) is 8.17. The van der Waals surface area contributed by atoms with Crippen molar-refractivity contribution in [2.45, 2.75) is 95.7 Å². The zero-order chi connectivity index (χ0) is 28.0. The van der Waals surface area contributed by atoms with Gasteiger partial charge in [-0.25, -0.2) is 4.39 Å². The van der Waals surface area contributed by atoms with Gasteiger partial charge in [0.1, 0.15) is 17.0 Å². The summed E-state index contributed by atoms with van der Waals surface area (Å²) in [6, 6.07) is 8.70. The van der Waals surface area contributed by atoms with Gasteiger partial charge in [0.25, 0.3) is 0 Å². The van der Waals surface area contributed by atoms with Crippen molar-refractivity contribution in [3.63, 3.8) is 0 Å². The summed E-state index contributed by atoms with van der Waals surface area (Å²) in [6.45, 7) is 9.99. The zero-order valence-electron chi connectivity index (χ0n) is 22.6. The summed E-state index contributed by atoms with van der Waals surface area (Å²) in [5, 5.41) is 17.5. The molecule has 1 amide bonds. The maximum absolute atomic E-state index is 14.2. The van der Waals surface area contributed by atoms with E-state index in [9.17, 15) is 19.1 Å². The Labute approximate surface area is 234 Å². The molecule has 2 heterocycles. The van der Waals surface area contributed by atoms with E-state index in [2.05, 4.69) is 31.4 Å². The second-order valence-corrected chi connectivity index (χ2v) is 13.1. The minimum atomic E-state index is -1.14. The van der Waals surface area contributed by atoms with Crippen LogP contribution in [0.1, 0.15) is 83.8 Å². The Morgan fingerprint density at radius 2 is 1.84 bits per heavy atom. The molecule has 38 heavy (non-hydrogen) atoms. The van der Waals surface area contributed by atoms with Gasteiger partial charge in [-0.3, -0.25) is 9.59 Å². The first-order valence-electron chi connectivity index (χ1n) is 13.3. The van der Waals surface area contributed by atoms with E-state index in [1.54, 1.807) is 25.1 Å². The summed E-state index contributed by atoms with van der Waals surface area (Å²) in [6.07, 6.45) is 2.46. The highest BCUT2D eigenvalue weighted by Crippen LogP contribution is 2.57. The van der Waals surface area contributed by atoms with Crippen LogP contribution in [0.25, 0.3) is 0 Å². The Morgan fingerprint density at radius 3 is 2.47 bits per heavy atom. The van der Waals surface area contributed by atoms with E-state index in [0.29, 0.717) is 42.0 Å². The van der Waals surface area contributed by atoms with Crippen molar-refractivity contribution in [1.29, 1.82) is 0 Å². The van der Waals surface area contributed by atoms with Crippen molar-refractivity contribution in [1.82, 2.24) is 5.32 Å². The van der Waals surface area contributed by atoms with Crippen molar-refractivity contribution < 1.29 is 19.1 Å². The molecule has 1 saturated heterocycles. The number of Topliss-reactive ketones (excluding diaryl/α,β-unsaturated/α-hetero) is 1. The van der Waals surface area contributed by atoms with Gasteiger partial charge >= 0.3 is 0 Å². The van der Waals surface area contributed by atoms with Gasteiger partial charge in [-0.1, -0.05) is 63.0 Å². The van der Waals surface area contributed by atoms with E-state index >= 15 is 0 Å². The van der Waals surface area contributed by atoms with Gasteiger partial charge in [0.15, 0.2) is 0 Å². The van der Waals surface area contributed by atoms with Gasteiger partial charge < -0.3 is 15.7 Å². The number of rotatable bonds is 8. The van der Waals surface area contributed by atoms with Gasteiger partial charge in [0, 0.05) is 29.1 Å². The summed E-state index contributed by atoms with van der Waals surface area (Å²) in [5.41, 5.74) is -0.131. The van der Waals surface area contributed by atoms with Crippen LogP contribution < -0.4 is 10.6 Å². The number of anilines is 1. The van der Waals surface area contributed by atoms with Gasteiger partial charge in [-0.15, -0.1) is 0 Å². The average molecular weight is 564 g/mol. The Kier molecular flexibility index (Phi) is 8.04. The van der Waals surface area contributed by atoms with Crippen LogP contribution in [0.3, 0.4) is 0 Å². The molecule has 2 aliphatic heterocycles. The number of ketones is 1. The molecule has 0 unspecified atom stereocenters. The monoisotopic (exact) mass is 562 g/mol. The van der Waals surface area contributed by atoms with Crippen LogP contribution in [0.5, 0.6) is 0 Å². The maximum Gasteiger partial charge on any atom is 0.237 e. The zero-order valence-corrected chi connectivity index (χ0v) is 24.1. The molecule has 0 saturated carbocycles. The Morgan fingerprint density at radius 1 is 1.13 bits per heavy atom. The molecule has 5 nitrogen and oxygen atoms in total. The highest BCUT2D eigenvalue weighted by atomic mass is 35.5. The largest absolute Gasteiger partial charge is 0.390 e. The summed E-state index contributed by atoms with van der Waals surface area (Å²) in [5.74, 6) is -1.46. The van der Waals surface area contributed by atoms with Crippen molar-refractivity contribution in [3.05, 3.63) is 63.4 Å². The molecule has 0 bridgehead atoms. The lowest BCUT2D eigenvalue weighted by Crippen LogP contribution is -2.49. The first-order chi connectivity index (χ1) is 17.7. The fraction of sp³-hybridized carbons (Fsp3) is 0.533. The number of nitrogens with one attached hydrogen (secondary N) is 2. The maximum atomic E-state index is 14.2. The van der Waals surface area contributed by atoms with Gasteiger partial charge in [0.05, 0.1) is 16.7 Å². The second-order valence-electron chi connectivity index (χ2n) is 12.3. The molecule has 8 heteroatoms. The Balaban J connectivity index is 1.86. The molecule has 2 aromatic carbocycles. The molecule has 206 valence electrons. The third-order valence-corrected chi connectivity index (χ3v) is 8.70. The molecular formula is C30H37Cl2FN2O3. The highest BCUT2D eigenvalue weighted by molar-refractivity contribution is 6.31. The van der Waals surface area contributed by atoms with E-state index in [1.165, 1.54) is 12.1 Å². The van der Waals surface area contributed by atoms with Crippen LogP contribution in [0.2, 0.25) is 10.0 Å². The number of hydrogen-bond donors (Lipinski definition) is 3. The Hall–Kier alpha value is -1.99. The van der Waals surface area contributed by atoms with Crippen molar-refractivity contribution in [3.8, 4) is 0 Å². The lowest BCUT2D eigenvalue weighted by atomic mass is 9.62. The molecule has 0 aromatic heterocycles. The summed E-state index contributed by atoms with van der Waals surface area (Å²) < 4.78 is 14.2. The summed E-state index contributed by atoms with van der Waals surface area (Å²) in [7, 11) is 0. The summed E-state index contributed by atoms with van der Waals surface area (Å²) in [4.78, 5) is 28.0. The molecule has 1 fully saturated rings. The first kappa shape index (κ1) is 29.0. The number of fused-ring (bicyclic) bond motifs is 2. The van der Waals surface area contributed by atoms with E-state index in [1.807, 2.05) is 13.0 Å². The van der Waals surface area contributed by atoms with Crippen LogP contribution in [0.15, 0.2) is 36.4 Å². The second kappa shape index (κ2) is 10.5. The normalized spacial score (nSPS) is 26.3. The van der Waals surface area contributed by atoms with Crippen molar-refractivity contribution >= 4 is 40.6 Å². The van der Waals surface area contributed by atoms with E-state index in [4.69, 9.17) is 23.2 Å². The molecule has 0 radical (unpaired) electrons. The number of benzene rings is 2. The van der Waals surface area contributed by atoms with Crippen molar-refractivity contribution in [2.75, 3.05) is 5.32 Å². The molecule has 2 aromatic rings. The number of halogens is 3. The standard InChI is InChI=1S/C30H37Cl2FN2O3/c1-6-29(5,38)13-7-8-23(36)26-25(17-9-12-21(33)20(32)14-17)30(24(35-26)16-28(2,3)4)19-11-10-18(31)15-22(19)34-27(30)37/h9-12,14-15,24-26,35,38H,6-8,13,16H2,1-5H3,(H,34,37)/t24-,25+,26+,29-,30+/m1/s1. The van der Waals surface area contributed by atoms with E-state index in [0.717, 1.165) is 5.56 Å². The van der Waals surface area contributed by atoms with E-state index in [-0.39, 0.29) is 34.6 Å². The van der Waals surface area contributed by atoms with Crippen LogP contribution in [0.4, 0.5) is 10.1 Å². The molecule has 5 atom stereocenters. The fourth-order valence-electron chi connectivity index (χ4n) is 6.16. The van der Waals surface area contributed by atoms with Gasteiger partial charge in [0.2, 0.25) is 5.91 Å². The molecule has 0 aliphatic carbocycles. The van der Waals surface area contributed by atoms with Gasteiger partial charge in [-0.2, -0.15) is 0 Å². The number of aliphatic hydroxyl groups is 1. The number of carbonyl (C=O) groups is 2. The van der Waals surface area contributed by atoms with Gasteiger partial charge in [-0.05, 0) is 73.4 Å². The SMILES string of the molecule is CC[C@@](C)(O)CCCC(=O)[C@@H]1N[C@H](CC(C)(C)C)[C@]2(C(=O)Nc3cc(Cl)ccc32)[C@H]1c1ccc(F)c(Cl)c1. The quantitative estimate of drug-likeness (QED) is 0.331. The molecule has 4 rings (SSSR count). The van der Waals surface area contributed by atoms with Crippen LogP contribution in [-0.4, -0.2) is 34.5 Å². The fourth-order valence-corrected chi connectivity index (χ4v) is 6.52. The smallest absolute Gasteiger partial charge is 0.237 e. The van der Waals surface area contributed by atoms with Crippen LogP contribution in [0, 0.1) is 11.2 Å².